The topological polar surface area (TPSA) is 54.5 Å². The van der Waals surface area contributed by atoms with Crippen molar-refractivity contribution in [1.29, 1.82) is 5.26 Å². The second-order valence-corrected chi connectivity index (χ2v) is 6.64. The Morgan fingerprint density at radius 2 is 1.78 bits per heavy atom. The Morgan fingerprint density at radius 1 is 1.09 bits per heavy atom. The van der Waals surface area contributed by atoms with E-state index in [2.05, 4.69) is 48.0 Å². The van der Waals surface area contributed by atoms with Crippen LogP contribution in [-0.2, 0) is 6.54 Å². The van der Waals surface area contributed by atoms with E-state index in [1.54, 1.807) is 0 Å². The average molecular weight is 365 g/mol. The first-order valence-electron chi connectivity index (χ1n) is 7.32. The van der Waals surface area contributed by atoms with Gasteiger partial charge in [0.05, 0.1) is 22.6 Å². The molecule has 0 saturated carbocycles. The summed E-state index contributed by atoms with van der Waals surface area (Å²) in [4.78, 5) is 9.64. The average Bonchev–Trinajstić information content (AvgIpc) is 2.80. The van der Waals surface area contributed by atoms with Crippen molar-refractivity contribution in [1.82, 2.24) is 14.5 Å². The molecular weight excluding hydrogens is 352 g/mol. The lowest BCUT2D eigenvalue weighted by Gasteiger charge is -2.04. The first-order valence-corrected chi connectivity index (χ1v) is 8.11. The van der Waals surface area contributed by atoms with Crippen molar-refractivity contribution >= 4 is 49.0 Å². The summed E-state index contributed by atoms with van der Waals surface area (Å²) in [5.74, 6) is 0. The highest BCUT2D eigenvalue weighted by atomic mass is 79.9. The largest absolute Gasteiger partial charge is 0.310 e. The van der Waals surface area contributed by atoms with E-state index in [1.807, 2.05) is 22.8 Å². The maximum atomic E-state index is 9.18. The molecule has 0 aliphatic carbocycles. The van der Waals surface area contributed by atoms with Crippen LogP contribution in [0.15, 0.2) is 34.8 Å². The van der Waals surface area contributed by atoms with Crippen LogP contribution in [-0.4, -0.2) is 14.5 Å². The summed E-state index contributed by atoms with van der Waals surface area (Å²) in [7, 11) is 0. The lowest BCUT2D eigenvalue weighted by molar-refractivity contribution is 0.896. The molecule has 2 aromatic carbocycles. The third-order valence-corrected chi connectivity index (χ3v) is 4.74. The number of rotatable bonds is 1. The van der Waals surface area contributed by atoms with E-state index in [0.29, 0.717) is 0 Å². The number of aromatic nitrogens is 3. The Balaban J connectivity index is 2.22. The molecule has 0 aliphatic rings. The standard InChI is InChI=1S/C18H13BrN4/c1-10-7-14-15(8-11(10)2)22-18-17(21-14)13-9-12(19)3-4-16(13)23(18)6-5-20/h3-4,7-9H,6H2,1-2H3. The van der Waals surface area contributed by atoms with Crippen molar-refractivity contribution in [3.8, 4) is 6.07 Å². The van der Waals surface area contributed by atoms with Crippen molar-refractivity contribution in [3.05, 3.63) is 45.9 Å². The van der Waals surface area contributed by atoms with Crippen LogP contribution >= 0.6 is 15.9 Å². The van der Waals surface area contributed by atoms with Crippen LogP contribution in [0.25, 0.3) is 33.1 Å². The van der Waals surface area contributed by atoms with Crippen molar-refractivity contribution in [2.75, 3.05) is 0 Å². The zero-order chi connectivity index (χ0) is 16.1. The Kier molecular flexibility index (Phi) is 3.10. The van der Waals surface area contributed by atoms with E-state index >= 15 is 0 Å². The summed E-state index contributed by atoms with van der Waals surface area (Å²) in [6.07, 6.45) is 0. The van der Waals surface area contributed by atoms with Gasteiger partial charge >= 0.3 is 0 Å². The number of nitrogens with zero attached hydrogens (tertiary/aromatic N) is 4. The number of hydrogen-bond acceptors (Lipinski definition) is 3. The minimum Gasteiger partial charge on any atom is -0.310 e. The molecule has 0 bridgehead atoms. The Bertz CT molecular complexity index is 1140. The second-order valence-electron chi connectivity index (χ2n) is 5.73. The van der Waals surface area contributed by atoms with Crippen LogP contribution < -0.4 is 0 Å². The van der Waals surface area contributed by atoms with Gasteiger partial charge in [-0.2, -0.15) is 5.26 Å². The van der Waals surface area contributed by atoms with Crippen LogP contribution in [0.3, 0.4) is 0 Å². The molecule has 0 fully saturated rings. The molecule has 4 nitrogen and oxygen atoms in total. The summed E-state index contributed by atoms with van der Waals surface area (Å²) in [5.41, 5.74) is 6.72. The maximum Gasteiger partial charge on any atom is 0.161 e. The predicted octanol–water partition coefficient (Wildman–Crippen LogP) is 4.64. The number of nitriles is 1. The van der Waals surface area contributed by atoms with Gasteiger partial charge in [-0.25, -0.2) is 9.97 Å². The molecule has 0 N–H and O–H groups in total. The van der Waals surface area contributed by atoms with E-state index < -0.39 is 0 Å². The molecular formula is C18H13BrN4. The van der Waals surface area contributed by atoms with Gasteiger partial charge in [-0.05, 0) is 55.3 Å². The van der Waals surface area contributed by atoms with Gasteiger partial charge in [-0.1, -0.05) is 15.9 Å². The fraction of sp³-hybridized carbons (Fsp3) is 0.167. The van der Waals surface area contributed by atoms with Crippen molar-refractivity contribution in [3.63, 3.8) is 0 Å². The quantitative estimate of drug-likeness (QED) is 0.494. The van der Waals surface area contributed by atoms with Gasteiger partial charge in [0.25, 0.3) is 0 Å². The highest BCUT2D eigenvalue weighted by molar-refractivity contribution is 9.10. The van der Waals surface area contributed by atoms with Crippen LogP contribution in [0.4, 0.5) is 0 Å². The SMILES string of the molecule is Cc1cc2nc3c4cc(Br)ccc4n(CC#N)c3nc2cc1C. The summed E-state index contributed by atoms with van der Waals surface area (Å²) in [6, 6.07) is 12.4. The molecule has 0 radical (unpaired) electrons. The lowest BCUT2D eigenvalue weighted by Crippen LogP contribution is -1.98. The molecule has 23 heavy (non-hydrogen) atoms. The molecule has 2 aromatic heterocycles. The Morgan fingerprint density at radius 3 is 2.48 bits per heavy atom. The summed E-state index contributed by atoms with van der Waals surface area (Å²) in [5, 5.41) is 10.2. The van der Waals surface area contributed by atoms with Crippen molar-refractivity contribution < 1.29 is 0 Å². The number of fused-ring (bicyclic) bond motifs is 4. The molecule has 0 aliphatic heterocycles. The van der Waals surface area contributed by atoms with E-state index in [4.69, 9.17) is 9.97 Å². The second kappa shape index (κ2) is 5.04. The van der Waals surface area contributed by atoms with Gasteiger partial charge in [0.1, 0.15) is 12.1 Å². The first kappa shape index (κ1) is 14.2. The molecule has 0 unspecified atom stereocenters. The van der Waals surface area contributed by atoms with Gasteiger partial charge in [0.2, 0.25) is 0 Å². The van der Waals surface area contributed by atoms with Gasteiger partial charge in [-0.15, -0.1) is 0 Å². The third-order valence-electron chi connectivity index (χ3n) is 4.25. The van der Waals surface area contributed by atoms with Gasteiger partial charge in [0.15, 0.2) is 5.65 Å². The fourth-order valence-electron chi connectivity index (χ4n) is 2.95. The summed E-state index contributed by atoms with van der Waals surface area (Å²) >= 11 is 3.51. The molecule has 4 rings (SSSR count). The Labute approximate surface area is 141 Å². The zero-order valence-corrected chi connectivity index (χ0v) is 14.3. The molecule has 112 valence electrons. The monoisotopic (exact) mass is 364 g/mol. The van der Waals surface area contributed by atoms with E-state index in [0.717, 1.165) is 37.6 Å². The molecule has 0 atom stereocenters. The van der Waals surface area contributed by atoms with Crippen LogP contribution in [0.2, 0.25) is 0 Å². The molecule has 0 spiro atoms. The smallest absolute Gasteiger partial charge is 0.161 e. The normalized spacial score (nSPS) is 11.4. The van der Waals surface area contributed by atoms with E-state index in [-0.39, 0.29) is 6.54 Å². The van der Waals surface area contributed by atoms with Crippen LogP contribution in [0.5, 0.6) is 0 Å². The zero-order valence-electron chi connectivity index (χ0n) is 12.8. The summed E-state index contributed by atoms with van der Waals surface area (Å²) < 4.78 is 2.92. The van der Waals surface area contributed by atoms with Crippen molar-refractivity contribution in [2.45, 2.75) is 20.4 Å². The van der Waals surface area contributed by atoms with Gasteiger partial charge in [0, 0.05) is 9.86 Å². The minimum absolute atomic E-state index is 0.257. The predicted molar refractivity (Wildman–Crippen MR) is 95.3 cm³/mol. The minimum atomic E-state index is 0.257. The first-order chi connectivity index (χ1) is 11.1. The number of hydrogen-bond donors (Lipinski definition) is 0. The molecule has 0 saturated heterocycles. The van der Waals surface area contributed by atoms with Crippen molar-refractivity contribution in [2.24, 2.45) is 0 Å². The molecule has 5 heteroatoms. The maximum absolute atomic E-state index is 9.18. The van der Waals surface area contributed by atoms with Crippen LogP contribution in [0.1, 0.15) is 11.1 Å². The fourth-order valence-corrected chi connectivity index (χ4v) is 3.31. The number of aryl methyl sites for hydroxylation is 2. The molecule has 2 heterocycles. The highest BCUT2D eigenvalue weighted by Gasteiger charge is 2.15. The highest BCUT2D eigenvalue weighted by Crippen LogP contribution is 2.30. The number of benzene rings is 2. The van der Waals surface area contributed by atoms with E-state index in [9.17, 15) is 5.26 Å². The van der Waals surface area contributed by atoms with Gasteiger partial charge < -0.3 is 4.57 Å². The third kappa shape index (κ3) is 2.10. The number of halogens is 1. The molecule has 4 aromatic rings. The van der Waals surface area contributed by atoms with E-state index in [1.165, 1.54) is 11.1 Å². The molecule has 0 amide bonds. The lowest BCUT2D eigenvalue weighted by atomic mass is 10.1. The van der Waals surface area contributed by atoms with Gasteiger partial charge in [-0.3, -0.25) is 0 Å². The Hall–Kier alpha value is -2.45. The van der Waals surface area contributed by atoms with Crippen LogP contribution in [0, 0.1) is 25.2 Å². The summed E-state index contributed by atoms with van der Waals surface area (Å²) in [6.45, 7) is 4.41.